The number of nitrogens with zero attached hydrogens (tertiary/aromatic N) is 1. The first-order valence-electron chi connectivity index (χ1n) is 5.25. The summed E-state index contributed by atoms with van der Waals surface area (Å²) >= 11 is 0. The van der Waals surface area contributed by atoms with Gasteiger partial charge in [0.1, 0.15) is 5.57 Å². The number of rotatable bonds is 2. The molecule has 1 saturated heterocycles. The molecule has 0 aromatic carbocycles. The quantitative estimate of drug-likeness (QED) is 0.486. The van der Waals surface area contributed by atoms with Crippen molar-refractivity contribution < 1.29 is 14.7 Å². The molecule has 0 saturated carbocycles. The maximum Gasteiger partial charge on any atom is 0.260 e. The zero-order chi connectivity index (χ0) is 13.0. The third-order valence-electron chi connectivity index (χ3n) is 2.26. The molecule has 2 amide bonds. The number of hydrogen-bond acceptors (Lipinski definition) is 4. The second-order valence-corrected chi connectivity index (χ2v) is 3.58. The summed E-state index contributed by atoms with van der Waals surface area (Å²) in [5, 5.41) is 13.4. The van der Waals surface area contributed by atoms with Gasteiger partial charge in [-0.15, -0.1) is 0 Å². The van der Waals surface area contributed by atoms with Gasteiger partial charge in [0.15, 0.2) is 0 Å². The lowest BCUT2D eigenvalue weighted by Crippen LogP contribution is -2.55. The Bertz CT molecular complexity index is 503. The van der Waals surface area contributed by atoms with Crippen LogP contribution in [-0.4, -0.2) is 28.3 Å². The van der Waals surface area contributed by atoms with E-state index in [9.17, 15) is 9.59 Å². The number of allylic oxidation sites excluding steroid dienone is 2. The number of aliphatic hydroxyl groups is 1. The minimum Gasteiger partial charge on any atom is -0.356 e. The van der Waals surface area contributed by atoms with Gasteiger partial charge in [0.2, 0.25) is 6.35 Å². The summed E-state index contributed by atoms with van der Waals surface area (Å²) in [6.45, 7) is 0. The molecule has 1 aromatic rings. The van der Waals surface area contributed by atoms with E-state index >= 15 is 0 Å². The van der Waals surface area contributed by atoms with Crippen molar-refractivity contribution in [3.8, 4) is 0 Å². The molecule has 0 bridgehead atoms. The van der Waals surface area contributed by atoms with Gasteiger partial charge in [0, 0.05) is 12.4 Å². The normalized spacial score (nSPS) is 19.6. The minimum absolute atomic E-state index is 0.0551. The third kappa shape index (κ3) is 2.80. The molecule has 1 aromatic heterocycles. The summed E-state index contributed by atoms with van der Waals surface area (Å²) in [6, 6.07) is 3.62. The molecule has 6 heteroatoms. The highest BCUT2D eigenvalue weighted by atomic mass is 16.3. The first-order chi connectivity index (χ1) is 8.66. The van der Waals surface area contributed by atoms with Crippen molar-refractivity contribution in [3.63, 3.8) is 0 Å². The van der Waals surface area contributed by atoms with Gasteiger partial charge in [-0.3, -0.25) is 14.6 Å². The minimum atomic E-state index is -1.33. The molecule has 0 spiro atoms. The Morgan fingerprint density at radius 1 is 1.28 bits per heavy atom. The molecule has 3 N–H and O–H groups in total. The average Bonchev–Trinajstić information content (AvgIpc) is 2.34. The van der Waals surface area contributed by atoms with Crippen LogP contribution in [0.2, 0.25) is 0 Å². The molecule has 0 radical (unpaired) electrons. The van der Waals surface area contributed by atoms with Crippen molar-refractivity contribution >= 4 is 17.9 Å². The Hall–Kier alpha value is -2.47. The maximum absolute atomic E-state index is 11.4. The fourth-order valence-electron chi connectivity index (χ4n) is 1.42. The van der Waals surface area contributed by atoms with Gasteiger partial charge in [0.05, 0.1) is 0 Å². The zero-order valence-electron chi connectivity index (χ0n) is 9.33. The second-order valence-electron chi connectivity index (χ2n) is 3.58. The fourth-order valence-corrected chi connectivity index (χ4v) is 1.42. The van der Waals surface area contributed by atoms with Crippen LogP contribution in [-0.2, 0) is 9.59 Å². The predicted octanol–water partition coefficient (Wildman–Crippen LogP) is -0.457. The number of carbonyl (C=O) groups is 2. The van der Waals surface area contributed by atoms with Gasteiger partial charge in [-0.05, 0) is 17.7 Å². The van der Waals surface area contributed by atoms with E-state index in [4.69, 9.17) is 5.11 Å². The Morgan fingerprint density at radius 3 is 2.61 bits per heavy atom. The van der Waals surface area contributed by atoms with Crippen molar-refractivity contribution in [2.45, 2.75) is 6.35 Å². The van der Waals surface area contributed by atoms with Crippen molar-refractivity contribution in [1.82, 2.24) is 15.6 Å². The molecular formula is C12H11N3O3. The van der Waals surface area contributed by atoms with Crippen molar-refractivity contribution in [1.29, 1.82) is 0 Å². The monoisotopic (exact) mass is 245 g/mol. The Balaban J connectivity index is 2.12. The van der Waals surface area contributed by atoms with E-state index in [-0.39, 0.29) is 5.57 Å². The topological polar surface area (TPSA) is 91.3 Å². The number of aliphatic hydroxyl groups excluding tert-OH is 1. The molecule has 6 nitrogen and oxygen atoms in total. The van der Waals surface area contributed by atoms with Gasteiger partial charge >= 0.3 is 0 Å². The molecule has 0 aliphatic carbocycles. The highest BCUT2D eigenvalue weighted by molar-refractivity contribution is 6.20. The van der Waals surface area contributed by atoms with Crippen LogP contribution in [0, 0.1) is 0 Å². The molecule has 0 unspecified atom stereocenters. The maximum atomic E-state index is 11.4. The molecule has 1 fully saturated rings. The van der Waals surface area contributed by atoms with Crippen LogP contribution in [0.15, 0.2) is 42.3 Å². The molecule has 0 atom stereocenters. The smallest absolute Gasteiger partial charge is 0.260 e. The molecule has 2 heterocycles. The van der Waals surface area contributed by atoms with Crippen LogP contribution in [0.5, 0.6) is 0 Å². The highest BCUT2D eigenvalue weighted by Crippen LogP contribution is 2.04. The summed E-state index contributed by atoms with van der Waals surface area (Å²) < 4.78 is 0. The Labute approximate surface area is 103 Å². The van der Waals surface area contributed by atoms with Gasteiger partial charge < -0.3 is 15.7 Å². The number of pyridine rings is 1. The highest BCUT2D eigenvalue weighted by Gasteiger charge is 2.26. The van der Waals surface area contributed by atoms with Crippen LogP contribution >= 0.6 is 0 Å². The molecule has 1 aliphatic rings. The van der Waals surface area contributed by atoms with Crippen molar-refractivity contribution in [2.75, 3.05) is 0 Å². The molecule has 2 rings (SSSR count). The number of hydrogen-bond donors (Lipinski definition) is 3. The van der Waals surface area contributed by atoms with Gasteiger partial charge in [0.25, 0.3) is 11.8 Å². The van der Waals surface area contributed by atoms with E-state index in [2.05, 4.69) is 15.6 Å². The summed E-state index contributed by atoms with van der Waals surface area (Å²) in [6.07, 6.45) is 6.64. The van der Waals surface area contributed by atoms with E-state index in [0.717, 1.165) is 5.56 Å². The number of nitrogens with one attached hydrogen (secondary N) is 2. The lowest BCUT2D eigenvalue weighted by Gasteiger charge is -2.20. The fraction of sp³-hybridized carbons (Fsp3) is 0.0833. The third-order valence-corrected chi connectivity index (χ3v) is 2.26. The summed E-state index contributed by atoms with van der Waals surface area (Å²) in [4.78, 5) is 26.7. The molecule has 1 aliphatic heterocycles. The molecule has 18 heavy (non-hydrogen) atoms. The van der Waals surface area contributed by atoms with Gasteiger partial charge in [-0.2, -0.15) is 0 Å². The summed E-state index contributed by atoms with van der Waals surface area (Å²) in [5.41, 5.74) is 0.798. The van der Waals surface area contributed by atoms with E-state index in [1.165, 1.54) is 6.08 Å². The number of aromatic nitrogens is 1. The largest absolute Gasteiger partial charge is 0.356 e. The van der Waals surface area contributed by atoms with E-state index in [1.807, 2.05) is 6.07 Å². The SMILES string of the molecule is O=C1NC(O)NC(=O)C1=C/C=C/c1cccnc1. The predicted molar refractivity (Wildman–Crippen MR) is 63.6 cm³/mol. The van der Waals surface area contributed by atoms with Crippen LogP contribution in [0.4, 0.5) is 0 Å². The molecular weight excluding hydrogens is 234 g/mol. The van der Waals surface area contributed by atoms with Crippen molar-refractivity contribution in [2.24, 2.45) is 0 Å². The second kappa shape index (κ2) is 5.24. The van der Waals surface area contributed by atoms with E-state index in [1.54, 1.807) is 30.6 Å². The molecule has 92 valence electrons. The Kier molecular flexibility index (Phi) is 3.49. The van der Waals surface area contributed by atoms with E-state index in [0.29, 0.717) is 0 Å². The first kappa shape index (κ1) is 12.0. The number of carbonyl (C=O) groups excluding carboxylic acids is 2. The summed E-state index contributed by atoms with van der Waals surface area (Å²) in [7, 11) is 0. The van der Waals surface area contributed by atoms with Gasteiger partial charge in [-0.25, -0.2) is 0 Å². The summed E-state index contributed by atoms with van der Waals surface area (Å²) in [5.74, 6) is -1.22. The lowest BCUT2D eigenvalue weighted by molar-refractivity contribution is -0.132. The van der Waals surface area contributed by atoms with Crippen molar-refractivity contribution in [3.05, 3.63) is 47.8 Å². The first-order valence-corrected chi connectivity index (χ1v) is 5.25. The average molecular weight is 245 g/mol. The van der Waals surface area contributed by atoms with Crippen LogP contribution in [0.3, 0.4) is 0 Å². The standard InChI is InChI=1S/C12H11N3O3/c16-10-9(11(17)15-12(18)14-10)5-1-3-8-4-2-6-13-7-8/h1-7,12,18H,(H,14,16)(H,15,17)/b3-1+,9-5?. The zero-order valence-corrected chi connectivity index (χ0v) is 9.33. The van der Waals surface area contributed by atoms with Crippen LogP contribution < -0.4 is 10.6 Å². The number of amides is 2. The van der Waals surface area contributed by atoms with Crippen LogP contribution in [0.25, 0.3) is 6.08 Å². The van der Waals surface area contributed by atoms with E-state index < -0.39 is 18.2 Å². The Morgan fingerprint density at radius 2 is 2.00 bits per heavy atom. The van der Waals surface area contributed by atoms with Crippen LogP contribution in [0.1, 0.15) is 5.56 Å². The van der Waals surface area contributed by atoms with Gasteiger partial charge in [-0.1, -0.05) is 18.2 Å². The lowest BCUT2D eigenvalue weighted by atomic mass is 10.1.